The Balaban J connectivity index is 1.73. The SMILES string of the molecule is CC(C(=O)Nc1sc2c(c1C(N)=O)CCC2)N(C)Cc1cc(Br)ccc1F. The van der Waals surface area contributed by atoms with Crippen molar-refractivity contribution in [3.05, 3.63) is 50.1 Å². The van der Waals surface area contributed by atoms with Crippen molar-refractivity contribution in [2.45, 2.75) is 38.8 Å². The van der Waals surface area contributed by atoms with Crippen molar-refractivity contribution < 1.29 is 14.0 Å². The number of anilines is 1. The largest absolute Gasteiger partial charge is 0.365 e. The Labute approximate surface area is 169 Å². The van der Waals surface area contributed by atoms with E-state index in [0.717, 1.165) is 34.2 Å². The lowest BCUT2D eigenvalue weighted by Crippen LogP contribution is -2.39. The molecule has 0 saturated heterocycles. The first-order valence-electron chi connectivity index (χ1n) is 8.67. The van der Waals surface area contributed by atoms with Gasteiger partial charge in [0, 0.05) is 21.5 Å². The van der Waals surface area contributed by atoms with Crippen LogP contribution < -0.4 is 11.1 Å². The predicted octanol–water partition coefficient (Wildman–Crippen LogP) is 3.70. The molecule has 1 aliphatic rings. The Hall–Kier alpha value is -1.77. The van der Waals surface area contributed by atoms with E-state index in [0.29, 0.717) is 16.1 Å². The van der Waals surface area contributed by atoms with Crippen molar-refractivity contribution in [1.29, 1.82) is 0 Å². The lowest BCUT2D eigenvalue weighted by Gasteiger charge is -2.24. The summed E-state index contributed by atoms with van der Waals surface area (Å²) in [5.74, 6) is -1.08. The van der Waals surface area contributed by atoms with Gasteiger partial charge < -0.3 is 11.1 Å². The number of fused-ring (bicyclic) bond motifs is 1. The normalized spacial score (nSPS) is 14.3. The van der Waals surface area contributed by atoms with Gasteiger partial charge in [-0.15, -0.1) is 11.3 Å². The van der Waals surface area contributed by atoms with Gasteiger partial charge in [0.2, 0.25) is 5.91 Å². The van der Waals surface area contributed by atoms with Crippen molar-refractivity contribution >= 4 is 44.1 Å². The molecule has 2 amide bonds. The second kappa shape index (κ2) is 8.08. The van der Waals surface area contributed by atoms with Crippen LogP contribution >= 0.6 is 27.3 Å². The van der Waals surface area contributed by atoms with Crippen LogP contribution in [0.4, 0.5) is 9.39 Å². The Morgan fingerprint density at radius 1 is 1.41 bits per heavy atom. The van der Waals surface area contributed by atoms with Crippen LogP contribution in [-0.2, 0) is 24.2 Å². The van der Waals surface area contributed by atoms with Crippen molar-refractivity contribution in [3.8, 4) is 0 Å². The fraction of sp³-hybridized carbons (Fsp3) is 0.368. The summed E-state index contributed by atoms with van der Waals surface area (Å²) in [6.07, 6.45) is 2.73. The summed E-state index contributed by atoms with van der Waals surface area (Å²) in [4.78, 5) is 27.4. The number of hydrogen-bond donors (Lipinski definition) is 2. The molecule has 2 aromatic rings. The van der Waals surface area contributed by atoms with Gasteiger partial charge >= 0.3 is 0 Å². The predicted molar refractivity (Wildman–Crippen MR) is 109 cm³/mol. The average molecular weight is 454 g/mol. The van der Waals surface area contributed by atoms with E-state index in [-0.39, 0.29) is 18.3 Å². The van der Waals surface area contributed by atoms with Gasteiger partial charge in [-0.3, -0.25) is 14.5 Å². The van der Waals surface area contributed by atoms with Crippen LogP contribution in [-0.4, -0.2) is 29.8 Å². The molecular weight excluding hydrogens is 433 g/mol. The van der Waals surface area contributed by atoms with Gasteiger partial charge in [0.25, 0.3) is 5.91 Å². The number of aryl methyl sites for hydroxylation is 1. The number of likely N-dealkylation sites (N-methyl/N-ethyl adjacent to an activating group) is 1. The highest BCUT2D eigenvalue weighted by Gasteiger charge is 2.28. The third-order valence-electron chi connectivity index (χ3n) is 4.87. The molecule has 144 valence electrons. The van der Waals surface area contributed by atoms with E-state index in [9.17, 15) is 14.0 Å². The summed E-state index contributed by atoms with van der Waals surface area (Å²) in [5.41, 5.74) is 7.45. The summed E-state index contributed by atoms with van der Waals surface area (Å²) in [5, 5.41) is 3.37. The third-order valence-corrected chi connectivity index (χ3v) is 6.57. The zero-order chi connectivity index (χ0) is 19.7. The molecule has 3 N–H and O–H groups in total. The van der Waals surface area contributed by atoms with E-state index in [2.05, 4.69) is 21.2 Å². The highest BCUT2D eigenvalue weighted by Crippen LogP contribution is 2.38. The van der Waals surface area contributed by atoms with Crippen LogP contribution in [0.2, 0.25) is 0 Å². The zero-order valence-corrected chi connectivity index (χ0v) is 17.5. The van der Waals surface area contributed by atoms with E-state index in [4.69, 9.17) is 5.73 Å². The molecule has 1 aromatic carbocycles. The minimum atomic E-state index is -0.513. The summed E-state index contributed by atoms with van der Waals surface area (Å²) in [6.45, 7) is 2.03. The average Bonchev–Trinajstić information content (AvgIpc) is 3.17. The molecule has 27 heavy (non-hydrogen) atoms. The molecule has 1 atom stereocenters. The number of primary amides is 1. The number of carbonyl (C=O) groups is 2. The molecular formula is C19H21BrFN3O2S. The maximum absolute atomic E-state index is 14.0. The van der Waals surface area contributed by atoms with Crippen molar-refractivity contribution in [1.82, 2.24) is 4.90 Å². The number of rotatable bonds is 6. The minimum absolute atomic E-state index is 0.254. The second-order valence-corrected chi connectivity index (χ2v) is 8.76. The van der Waals surface area contributed by atoms with Gasteiger partial charge in [-0.25, -0.2) is 4.39 Å². The monoisotopic (exact) mass is 453 g/mol. The molecule has 0 radical (unpaired) electrons. The number of nitrogens with zero attached hydrogens (tertiary/aromatic N) is 1. The van der Waals surface area contributed by atoms with E-state index in [1.807, 2.05) is 0 Å². The zero-order valence-electron chi connectivity index (χ0n) is 15.1. The fourth-order valence-electron chi connectivity index (χ4n) is 3.24. The lowest BCUT2D eigenvalue weighted by atomic mass is 10.1. The number of hydrogen-bond acceptors (Lipinski definition) is 4. The maximum atomic E-state index is 14.0. The molecule has 3 rings (SSSR count). The highest BCUT2D eigenvalue weighted by molar-refractivity contribution is 9.10. The third kappa shape index (κ3) is 4.23. The van der Waals surface area contributed by atoms with Crippen molar-refractivity contribution in [3.63, 3.8) is 0 Å². The molecule has 0 bridgehead atoms. The fourth-order valence-corrected chi connectivity index (χ4v) is 4.95. The summed E-state index contributed by atoms with van der Waals surface area (Å²) in [7, 11) is 1.76. The van der Waals surface area contributed by atoms with E-state index >= 15 is 0 Å². The topological polar surface area (TPSA) is 75.4 Å². The first kappa shape index (κ1) is 20.0. The number of halogens is 2. The summed E-state index contributed by atoms with van der Waals surface area (Å²) < 4.78 is 14.8. The van der Waals surface area contributed by atoms with Gasteiger partial charge in [0.1, 0.15) is 10.8 Å². The Bertz CT molecular complexity index is 899. The number of thiophene rings is 1. The first-order valence-corrected chi connectivity index (χ1v) is 10.3. The molecule has 1 aliphatic carbocycles. The summed E-state index contributed by atoms with van der Waals surface area (Å²) >= 11 is 4.76. The van der Waals surface area contributed by atoms with Gasteiger partial charge in [0.15, 0.2) is 0 Å². The molecule has 1 heterocycles. The Kier molecular flexibility index (Phi) is 5.98. The Morgan fingerprint density at radius 3 is 2.85 bits per heavy atom. The molecule has 5 nitrogen and oxygen atoms in total. The van der Waals surface area contributed by atoms with E-state index in [1.165, 1.54) is 17.4 Å². The molecule has 0 saturated carbocycles. The molecule has 0 fully saturated rings. The first-order chi connectivity index (χ1) is 12.8. The van der Waals surface area contributed by atoms with Crippen LogP contribution in [0, 0.1) is 5.82 Å². The number of amides is 2. The maximum Gasteiger partial charge on any atom is 0.251 e. The number of benzene rings is 1. The standard InChI is InChI=1S/C19H21BrFN3O2S/c1-10(24(2)9-11-8-12(20)6-7-14(11)21)18(26)23-19-16(17(22)25)13-4-3-5-15(13)27-19/h6-8,10H,3-5,9H2,1-2H3,(H2,22,25)(H,23,26). The van der Waals surface area contributed by atoms with Crippen LogP contribution in [0.5, 0.6) is 0 Å². The minimum Gasteiger partial charge on any atom is -0.365 e. The van der Waals surface area contributed by atoms with E-state index < -0.39 is 11.9 Å². The van der Waals surface area contributed by atoms with Crippen molar-refractivity contribution in [2.75, 3.05) is 12.4 Å². The second-order valence-electron chi connectivity index (χ2n) is 6.74. The molecule has 0 spiro atoms. The van der Waals surface area contributed by atoms with Gasteiger partial charge in [-0.1, -0.05) is 15.9 Å². The quantitative estimate of drug-likeness (QED) is 0.699. The van der Waals surface area contributed by atoms with Crippen LogP contribution in [0.1, 0.15) is 39.7 Å². The van der Waals surface area contributed by atoms with Crippen LogP contribution in [0.15, 0.2) is 22.7 Å². The summed E-state index contributed by atoms with van der Waals surface area (Å²) in [6, 6.07) is 4.22. The lowest BCUT2D eigenvalue weighted by molar-refractivity contribution is -0.120. The van der Waals surface area contributed by atoms with Gasteiger partial charge in [-0.05, 0) is 57.0 Å². The van der Waals surface area contributed by atoms with Crippen LogP contribution in [0.25, 0.3) is 0 Å². The number of nitrogens with two attached hydrogens (primary N) is 1. The Morgan fingerprint density at radius 2 is 2.15 bits per heavy atom. The molecule has 0 aliphatic heterocycles. The van der Waals surface area contributed by atoms with Gasteiger partial charge in [0.05, 0.1) is 11.6 Å². The number of carbonyl (C=O) groups excluding carboxylic acids is 2. The van der Waals surface area contributed by atoms with Crippen molar-refractivity contribution in [2.24, 2.45) is 5.73 Å². The number of nitrogens with one attached hydrogen (secondary N) is 1. The van der Waals surface area contributed by atoms with E-state index in [1.54, 1.807) is 31.0 Å². The smallest absolute Gasteiger partial charge is 0.251 e. The highest BCUT2D eigenvalue weighted by atomic mass is 79.9. The molecule has 1 unspecified atom stereocenters. The van der Waals surface area contributed by atoms with Gasteiger partial charge in [-0.2, -0.15) is 0 Å². The molecule has 1 aromatic heterocycles. The van der Waals surface area contributed by atoms with Crippen LogP contribution in [0.3, 0.4) is 0 Å². The molecule has 8 heteroatoms.